The van der Waals surface area contributed by atoms with E-state index in [0.29, 0.717) is 24.1 Å². The molecule has 1 aliphatic carbocycles. The molecule has 0 atom stereocenters. The number of furan rings is 1. The minimum atomic E-state index is -0.122. The highest BCUT2D eigenvalue weighted by molar-refractivity contribution is 14.0. The zero-order chi connectivity index (χ0) is 22.7. The molecule has 3 rings (SSSR count). The molecule has 0 unspecified atom stereocenters. The van der Waals surface area contributed by atoms with Gasteiger partial charge < -0.3 is 25.1 Å². The topological polar surface area (TPSA) is 87.9 Å². The third-order valence-corrected chi connectivity index (χ3v) is 6.15. The van der Waals surface area contributed by atoms with Crippen molar-refractivity contribution in [1.82, 2.24) is 16.0 Å². The maximum atomic E-state index is 12.5. The molecule has 0 bridgehead atoms. The number of rotatable bonds is 11. The largest absolute Gasteiger partial charge is 0.467 e. The van der Waals surface area contributed by atoms with Gasteiger partial charge in [-0.3, -0.25) is 9.79 Å². The van der Waals surface area contributed by atoms with Crippen LogP contribution >= 0.6 is 24.0 Å². The second kappa shape index (κ2) is 14.2. The van der Waals surface area contributed by atoms with E-state index in [4.69, 9.17) is 9.15 Å². The lowest BCUT2D eigenvalue weighted by molar-refractivity contribution is 0.0948. The van der Waals surface area contributed by atoms with Gasteiger partial charge >= 0.3 is 0 Å². The molecule has 1 aliphatic rings. The zero-order valence-electron chi connectivity index (χ0n) is 19.7. The highest BCUT2D eigenvalue weighted by Gasteiger charge is 2.33. The van der Waals surface area contributed by atoms with E-state index in [0.717, 1.165) is 43.5 Å². The van der Waals surface area contributed by atoms with Gasteiger partial charge in [0.2, 0.25) is 0 Å². The number of guanidine groups is 1. The summed E-state index contributed by atoms with van der Waals surface area (Å²) in [6.45, 7) is 5.49. The smallest absolute Gasteiger partial charge is 0.251 e. The second-order valence-electron chi connectivity index (χ2n) is 8.40. The van der Waals surface area contributed by atoms with Crippen LogP contribution in [0.1, 0.15) is 60.7 Å². The number of hydrogen-bond donors (Lipinski definition) is 3. The normalized spacial score (nSPS) is 15.0. The summed E-state index contributed by atoms with van der Waals surface area (Å²) in [5.41, 5.74) is 1.93. The Balaban J connectivity index is 0.00000385. The van der Waals surface area contributed by atoms with Crippen molar-refractivity contribution < 1.29 is 13.9 Å². The Hall–Kier alpha value is -2.07. The number of nitrogens with one attached hydrogen (secondary N) is 3. The number of hydrogen-bond acceptors (Lipinski definition) is 4. The predicted octanol–water partition coefficient (Wildman–Crippen LogP) is 4.48. The number of halogens is 1. The standard InChI is InChI=1S/C25H36N4O3.HI/c1-3-31-15-13-25(11-4-5-12-25)19-29-24(26-2)28-17-20-8-6-9-21(16-20)23(30)27-18-22-10-7-14-32-22;/h6-10,14,16H,3-5,11-13,15,17-19H2,1-2H3,(H,27,30)(H2,26,28,29);1H. The van der Waals surface area contributed by atoms with E-state index in [1.807, 2.05) is 43.3 Å². The van der Waals surface area contributed by atoms with Crippen molar-refractivity contribution in [2.75, 3.05) is 26.8 Å². The summed E-state index contributed by atoms with van der Waals surface area (Å²) in [4.78, 5) is 16.8. The quantitative estimate of drug-likeness (QED) is 0.161. The third kappa shape index (κ3) is 8.66. The third-order valence-electron chi connectivity index (χ3n) is 6.15. The van der Waals surface area contributed by atoms with Crippen LogP contribution in [0, 0.1) is 5.41 Å². The molecule has 1 saturated carbocycles. The summed E-state index contributed by atoms with van der Waals surface area (Å²) in [6, 6.07) is 11.3. The van der Waals surface area contributed by atoms with Crippen molar-refractivity contribution in [2.24, 2.45) is 10.4 Å². The van der Waals surface area contributed by atoms with Crippen molar-refractivity contribution >= 4 is 35.8 Å². The molecule has 0 saturated heterocycles. The molecule has 3 N–H and O–H groups in total. The Morgan fingerprint density at radius 1 is 1.12 bits per heavy atom. The number of amides is 1. The first-order chi connectivity index (χ1) is 15.6. The Labute approximate surface area is 214 Å². The highest BCUT2D eigenvalue weighted by atomic mass is 127. The van der Waals surface area contributed by atoms with Crippen molar-refractivity contribution in [2.45, 2.75) is 52.1 Å². The van der Waals surface area contributed by atoms with E-state index < -0.39 is 0 Å². The summed E-state index contributed by atoms with van der Waals surface area (Å²) in [5.74, 6) is 1.39. The number of carbonyl (C=O) groups is 1. The second-order valence-corrected chi connectivity index (χ2v) is 8.40. The summed E-state index contributed by atoms with van der Waals surface area (Å²) in [6.07, 6.45) is 7.73. The van der Waals surface area contributed by atoms with E-state index >= 15 is 0 Å². The fourth-order valence-electron chi connectivity index (χ4n) is 4.26. The molecular formula is C25H37IN4O3. The Bertz CT molecular complexity index is 864. The van der Waals surface area contributed by atoms with E-state index in [9.17, 15) is 4.79 Å². The lowest BCUT2D eigenvalue weighted by Gasteiger charge is -2.30. The number of aliphatic imine (C=N–C) groups is 1. The van der Waals surface area contributed by atoms with Gasteiger partial charge in [0, 0.05) is 38.9 Å². The number of benzene rings is 1. The average Bonchev–Trinajstić information content (AvgIpc) is 3.51. The van der Waals surface area contributed by atoms with Gasteiger partial charge in [-0.2, -0.15) is 0 Å². The number of ether oxygens (including phenoxy) is 1. The van der Waals surface area contributed by atoms with Crippen LogP contribution in [0.15, 0.2) is 52.1 Å². The maximum absolute atomic E-state index is 12.5. The van der Waals surface area contributed by atoms with Crippen LogP contribution in [0.4, 0.5) is 0 Å². The van der Waals surface area contributed by atoms with Crippen molar-refractivity contribution in [3.63, 3.8) is 0 Å². The first kappa shape index (κ1) is 27.2. The molecule has 1 fully saturated rings. The van der Waals surface area contributed by atoms with Crippen LogP contribution in [0.5, 0.6) is 0 Å². The molecule has 1 amide bonds. The molecule has 1 heterocycles. The Morgan fingerprint density at radius 2 is 1.94 bits per heavy atom. The van der Waals surface area contributed by atoms with E-state index in [2.05, 4.69) is 20.9 Å². The number of nitrogens with zero attached hydrogens (tertiary/aromatic N) is 1. The van der Waals surface area contributed by atoms with E-state index in [1.165, 1.54) is 25.7 Å². The van der Waals surface area contributed by atoms with Crippen LogP contribution < -0.4 is 16.0 Å². The van der Waals surface area contributed by atoms with Gasteiger partial charge in [-0.05, 0) is 61.4 Å². The van der Waals surface area contributed by atoms with Gasteiger partial charge in [-0.15, -0.1) is 24.0 Å². The van der Waals surface area contributed by atoms with Gasteiger partial charge in [-0.1, -0.05) is 25.0 Å². The van der Waals surface area contributed by atoms with Gasteiger partial charge in [0.25, 0.3) is 5.91 Å². The molecule has 1 aromatic carbocycles. The first-order valence-electron chi connectivity index (χ1n) is 11.6. The molecule has 33 heavy (non-hydrogen) atoms. The molecule has 7 nitrogen and oxygen atoms in total. The minimum absolute atomic E-state index is 0. The van der Waals surface area contributed by atoms with Crippen molar-refractivity contribution in [3.05, 3.63) is 59.5 Å². The van der Waals surface area contributed by atoms with Crippen molar-refractivity contribution in [1.29, 1.82) is 0 Å². The molecule has 0 radical (unpaired) electrons. The Morgan fingerprint density at radius 3 is 2.64 bits per heavy atom. The zero-order valence-corrected chi connectivity index (χ0v) is 22.0. The van der Waals surface area contributed by atoms with Crippen LogP contribution in [0.2, 0.25) is 0 Å². The van der Waals surface area contributed by atoms with E-state index in [1.54, 1.807) is 13.3 Å². The summed E-state index contributed by atoms with van der Waals surface area (Å²) in [5, 5.41) is 9.77. The van der Waals surface area contributed by atoms with Crippen LogP contribution in [0.25, 0.3) is 0 Å². The molecule has 2 aromatic rings. The average molecular weight is 569 g/mol. The van der Waals surface area contributed by atoms with E-state index in [-0.39, 0.29) is 29.9 Å². The molecular weight excluding hydrogens is 531 g/mol. The molecule has 8 heteroatoms. The SMILES string of the molecule is CCOCCC1(CNC(=NC)NCc2cccc(C(=O)NCc3ccco3)c2)CCCC1.I. The molecule has 0 spiro atoms. The molecule has 0 aliphatic heterocycles. The summed E-state index contributed by atoms with van der Waals surface area (Å²) in [7, 11) is 1.79. The lowest BCUT2D eigenvalue weighted by atomic mass is 9.83. The van der Waals surface area contributed by atoms with Crippen LogP contribution in [-0.4, -0.2) is 38.7 Å². The molecule has 1 aromatic heterocycles. The fraction of sp³-hybridized carbons (Fsp3) is 0.520. The van der Waals surface area contributed by atoms with Gasteiger partial charge in [-0.25, -0.2) is 0 Å². The summed E-state index contributed by atoms with van der Waals surface area (Å²) >= 11 is 0. The Kier molecular flexibility index (Phi) is 11.7. The maximum Gasteiger partial charge on any atom is 0.251 e. The summed E-state index contributed by atoms with van der Waals surface area (Å²) < 4.78 is 10.9. The molecule has 182 valence electrons. The fourth-order valence-corrected chi connectivity index (χ4v) is 4.26. The predicted molar refractivity (Wildman–Crippen MR) is 142 cm³/mol. The minimum Gasteiger partial charge on any atom is -0.467 e. The van der Waals surface area contributed by atoms with Gasteiger partial charge in [0.15, 0.2) is 5.96 Å². The lowest BCUT2D eigenvalue weighted by Crippen LogP contribution is -2.43. The number of carbonyl (C=O) groups excluding carboxylic acids is 1. The van der Waals surface area contributed by atoms with Crippen LogP contribution in [0.3, 0.4) is 0 Å². The monoisotopic (exact) mass is 568 g/mol. The highest BCUT2D eigenvalue weighted by Crippen LogP contribution is 2.40. The van der Waals surface area contributed by atoms with Gasteiger partial charge in [0.1, 0.15) is 5.76 Å². The van der Waals surface area contributed by atoms with Crippen LogP contribution in [-0.2, 0) is 17.8 Å². The first-order valence-corrected chi connectivity index (χ1v) is 11.6. The van der Waals surface area contributed by atoms with Gasteiger partial charge in [0.05, 0.1) is 12.8 Å². The van der Waals surface area contributed by atoms with Crippen molar-refractivity contribution in [3.8, 4) is 0 Å².